The van der Waals surface area contributed by atoms with Crippen molar-refractivity contribution in [2.24, 2.45) is 0 Å². The number of benzene rings is 1. The SMILES string of the molecule is CN(C)c1ccc(C=C(C#N)C#N)cc1C#N. The summed E-state index contributed by atoms with van der Waals surface area (Å²) in [7, 11) is 3.70. The molecule has 1 aromatic carbocycles. The van der Waals surface area contributed by atoms with E-state index in [1.807, 2.05) is 19.0 Å². The molecule has 0 amide bonds. The molecule has 0 unspecified atom stereocenters. The van der Waals surface area contributed by atoms with Crippen molar-refractivity contribution in [3.63, 3.8) is 0 Å². The van der Waals surface area contributed by atoms with Gasteiger partial charge in [0.15, 0.2) is 0 Å². The van der Waals surface area contributed by atoms with Crippen LogP contribution in [-0.2, 0) is 0 Å². The highest BCUT2D eigenvalue weighted by atomic mass is 15.1. The Morgan fingerprint density at radius 1 is 1.18 bits per heavy atom. The van der Waals surface area contributed by atoms with Crippen LogP contribution in [0.5, 0.6) is 0 Å². The Bertz CT molecular complexity index is 561. The Hall–Kier alpha value is -2.77. The monoisotopic (exact) mass is 222 g/mol. The lowest BCUT2D eigenvalue weighted by Gasteiger charge is -2.14. The molecule has 82 valence electrons. The van der Waals surface area contributed by atoms with Crippen molar-refractivity contribution in [3.8, 4) is 18.2 Å². The van der Waals surface area contributed by atoms with Gasteiger partial charge in [-0.25, -0.2) is 0 Å². The maximum atomic E-state index is 9.01. The predicted octanol–water partition coefficient (Wildman–Crippen LogP) is 2.05. The van der Waals surface area contributed by atoms with Crippen molar-refractivity contribution < 1.29 is 0 Å². The third-order valence-electron chi connectivity index (χ3n) is 2.17. The van der Waals surface area contributed by atoms with Crippen LogP contribution < -0.4 is 4.90 Å². The molecule has 0 saturated carbocycles. The second kappa shape index (κ2) is 5.35. The number of nitrogens with zero attached hydrogens (tertiary/aromatic N) is 4. The average Bonchev–Trinajstić information content (AvgIpc) is 2.35. The van der Waals surface area contributed by atoms with Crippen molar-refractivity contribution in [2.45, 2.75) is 0 Å². The molecule has 0 bridgehead atoms. The van der Waals surface area contributed by atoms with Crippen LogP contribution in [0.25, 0.3) is 6.08 Å². The number of hydrogen-bond acceptors (Lipinski definition) is 4. The summed E-state index contributed by atoms with van der Waals surface area (Å²) in [6, 6.07) is 10.9. The Balaban J connectivity index is 3.27. The molecule has 0 heterocycles. The minimum atomic E-state index is 0.0199. The topological polar surface area (TPSA) is 74.6 Å². The van der Waals surface area contributed by atoms with E-state index in [-0.39, 0.29) is 5.57 Å². The summed E-state index contributed by atoms with van der Waals surface area (Å²) in [6.07, 6.45) is 1.46. The molecule has 0 N–H and O–H groups in total. The molecule has 0 radical (unpaired) electrons. The highest BCUT2D eigenvalue weighted by Gasteiger charge is 2.04. The van der Waals surface area contributed by atoms with Gasteiger partial charge in [0.2, 0.25) is 0 Å². The van der Waals surface area contributed by atoms with Gasteiger partial charge in [0.05, 0.1) is 11.3 Å². The van der Waals surface area contributed by atoms with Gasteiger partial charge in [0, 0.05) is 14.1 Å². The Labute approximate surface area is 100 Å². The normalized spacial score (nSPS) is 8.41. The summed E-state index contributed by atoms with van der Waals surface area (Å²) in [4.78, 5) is 1.83. The van der Waals surface area contributed by atoms with Gasteiger partial charge in [-0.15, -0.1) is 0 Å². The van der Waals surface area contributed by atoms with Crippen LogP contribution in [0, 0.1) is 34.0 Å². The third-order valence-corrected chi connectivity index (χ3v) is 2.17. The molecule has 0 atom stereocenters. The van der Waals surface area contributed by atoms with Crippen LogP contribution in [-0.4, -0.2) is 14.1 Å². The van der Waals surface area contributed by atoms with Crippen LogP contribution >= 0.6 is 0 Å². The standard InChI is InChI=1S/C13H10N4/c1-17(2)13-4-3-10(6-12(13)9-16)5-11(7-14)8-15/h3-6H,1-2H3. The minimum absolute atomic E-state index is 0.0199. The van der Waals surface area contributed by atoms with Crippen LogP contribution in [0.3, 0.4) is 0 Å². The van der Waals surface area contributed by atoms with Gasteiger partial charge >= 0.3 is 0 Å². The van der Waals surface area contributed by atoms with Gasteiger partial charge in [0.25, 0.3) is 0 Å². The van der Waals surface area contributed by atoms with E-state index < -0.39 is 0 Å². The maximum absolute atomic E-state index is 9.01. The molecular weight excluding hydrogens is 212 g/mol. The van der Waals surface area contributed by atoms with Crippen molar-refractivity contribution in [1.29, 1.82) is 15.8 Å². The molecule has 4 heteroatoms. The summed E-state index contributed by atoms with van der Waals surface area (Å²) in [5, 5.41) is 26.3. The molecule has 0 aliphatic rings. The van der Waals surface area contributed by atoms with Gasteiger partial charge < -0.3 is 4.90 Å². The van der Waals surface area contributed by atoms with Gasteiger partial charge in [-0.3, -0.25) is 0 Å². The van der Waals surface area contributed by atoms with E-state index in [4.69, 9.17) is 15.8 Å². The first-order valence-electron chi connectivity index (χ1n) is 4.85. The first-order valence-corrected chi connectivity index (χ1v) is 4.85. The average molecular weight is 222 g/mol. The molecule has 0 aliphatic carbocycles. The highest BCUT2D eigenvalue weighted by molar-refractivity contribution is 5.68. The zero-order valence-corrected chi connectivity index (χ0v) is 9.60. The molecule has 0 aromatic heterocycles. The van der Waals surface area contributed by atoms with Crippen molar-refractivity contribution in [1.82, 2.24) is 0 Å². The Morgan fingerprint density at radius 2 is 1.82 bits per heavy atom. The lowest BCUT2D eigenvalue weighted by atomic mass is 10.1. The first-order chi connectivity index (χ1) is 8.12. The molecule has 0 saturated heterocycles. The fourth-order valence-corrected chi connectivity index (χ4v) is 1.38. The predicted molar refractivity (Wildman–Crippen MR) is 64.7 cm³/mol. The summed E-state index contributed by atoms with van der Waals surface area (Å²) in [6.45, 7) is 0. The van der Waals surface area contributed by atoms with Gasteiger partial charge in [0.1, 0.15) is 23.8 Å². The summed E-state index contributed by atoms with van der Waals surface area (Å²) < 4.78 is 0. The Morgan fingerprint density at radius 3 is 2.29 bits per heavy atom. The number of anilines is 1. The number of allylic oxidation sites excluding steroid dienone is 1. The van der Waals surface area contributed by atoms with Crippen LogP contribution in [0.2, 0.25) is 0 Å². The zero-order valence-electron chi connectivity index (χ0n) is 9.60. The zero-order chi connectivity index (χ0) is 12.8. The molecular formula is C13H10N4. The van der Waals surface area contributed by atoms with E-state index >= 15 is 0 Å². The van der Waals surface area contributed by atoms with Crippen molar-refractivity contribution in [3.05, 3.63) is 34.9 Å². The van der Waals surface area contributed by atoms with Gasteiger partial charge in [-0.2, -0.15) is 15.8 Å². The number of rotatable bonds is 2. The van der Waals surface area contributed by atoms with E-state index in [9.17, 15) is 0 Å². The number of hydrogen-bond donors (Lipinski definition) is 0. The van der Waals surface area contributed by atoms with E-state index in [2.05, 4.69) is 6.07 Å². The van der Waals surface area contributed by atoms with E-state index in [0.29, 0.717) is 11.1 Å². The number of nitriles is 3. The fraction of sp³-hybridized carbons (Fsp3) is 0.154. The minimum Gasteiger partial charge on any atom is -0.377 e. The lowest BCUT2D eigenvalue weighted by molar-refractivity contribution is 1.12. The fourth-order valence-electron chi connectivity index (χ4n) is 1.38. The molecule has 4 nitrogen and oxygen atoms in total. The van der Waals surface area contributed by atoms with E-state index in [1.54, 1.807) is 30.3 Å². The maximum Gasteiger partial charge on any atom is 0.130 e. The second-order valence-electron chi connectivity index (χ2n) is 3.56. The van der Waals surface area contributed by atoms with Crippen LogP contribution in [0.1, 0.15) is 11.1 Å². The molecule has 0 fully saturated rings. The molecule has 0 aliphatic heterocycles. The smallest absolute Gasteiger partial charge is 0.130 e. The van der Waals surface area contributed by atoms with Gasteiger partial charge in [-0.1, -0.05) is 6.07 Å². The van der Waals surface area contributed by atoms with Crippen molar-refractivity contribution in [2.75, 3.05) is 19.0 Å². The summed E-state index contributed by atoms with van der Waals surface area (Å²) in [5.74, 6) is 0. The van der Waals surface area contributed by atoms with Crippen LogP contribution in [0.15, 0.2) is 23.8 Å². The molecule has 17 heavy (non-hydrogen) atoms. The molecule has 0 spiro atoms. The molecule has 1 rings (SSSR count). The van der Waals surface area contributed by atoms with E-state index in [1.165, 1.54) is 6.08 Å². The highest BCUT2D eigenvalue weighted by Crippen LogP contribution is 2.20. The first kappa shape index (κ1) is 12.3. The summed E-state index contributed by atoms with van der Waals surface area (Å²) in [5.41, 5.74) is 2.01. The summed E-state index contributed by atoms with van der Waals surface area (Å²) >= 11 is 0. The van der Waals surface area contributed by atoms with Crippen LogP contribution in [0.4, 0.5) is 5.69 Å². The van der Waals surface area contributed by atoms with E-state index in [0.717, 1.165) is 5.69 Å². The largest absolute Gasteiger partial charge is 0.377 e. The second-order valence-corrected chi connectivity index (χ2v) is 3.56. The third kappa shape index (κ3) is 2.84. The van der Waals surface area contributed by atoms with Crippen molar-refractivity contribution >= 4 is 11.8 Å². The Kier molecular flexibility index (Phi) is 3.87. The lowest BCUT2D eigenvalue weighted by Crippen LogP contribution is -2.10. The van der Waals surface area contributed by atoms with Gasteiger partial charge in [-0.05, 0) is 23.8 Å². The quantitative estimate of drug-likeness (QED) is 0.718. The molecule has 1 aromatic rings.